The lowest BCUT2D eigenvalue weighted by molar-refractivity contribution is -0.106. The molecule has 0 saturated carbocycles. The van der Waals surface area contributed by atoms with Crippen molar-refractivity contribution >= 4 is 29.2 Å². The van der Waals surface area contributed by atoms with Gasteiger partial charge in [0.2, 0.25) is 6.41 Å². The summed E-state index contributed by atoms with van der Waals surface area (Å²) in [5.41, 5.74) is 9.13. The Kier molecular flexibility index (Phi) is 19.1. The molecule has 1 aliphatic carbocycles. The maximum absolute atomic E-state index is 13.6. The lowest BCUT2D eigenvalue weighted by Crippen LogP contribution is -2.38. The van der Waals surface area contributed by atoms with Crippen molar-refractivity contribution < 1.29 is 14.0 Å². The Bertz CT molecular complexity index is 1410. The number of allylic oxidation sites excluding steroid dienone is 6. The highest BCUT2D eigenvalue weighted by molar-refractivity contribution is 7.13. The number of hydrogen-bond acceptors (Lipinski definition) is 6. The summed E-state index contributed by atoms with van der Waals surface area (Å²) in [4.78, 5) is 28.0. The number of carbonyl (C=O) groups is 2. The van der Waals surface area contributed by atoms with Crippen LogP contribution in [0, 0.1) is 11.3 Å². The third kappa shape index (κ3) is 11.6. The minimum absolute atomic E-state index is 0.0107. The Labute approximate surface area is 271 Å². The minimum atomic E-state index is -0.123. The fourth-order valence-electron chi connectivity index (χ4n) is 4.60. The molecule has 1 aliphatic heterocycles. The molecular weight excluding hydrogens is 587 g/mol. The number of benzene rings is 1. The number of nitrogens with two attached hydrogens (primary N) is 1. The van der Waals surface area contributed by atoms with E-state index in [4.69, 9.17) is 10.1 Å². The Morgan fingerprint density at radius 3 is 2.33 bits per heavy atom. The van der Waals surface area contributed by atoms with Crippen molar-refractivity contribution in [2.24, 2.45) is 5.73 Å². The molecule has 2 aliphatic rings. The van der Waals surface area contributed by atoms with Gasteiger partial charge in [-0.15, -0.1) is 11.3 Å². The number of nitrogens with one attached hydrogen (secondary N) is 1. The molecule has 1 saturated heterocycles. The standard InChI is InChI=1S/C27H24FN5OS.C3H8.2C2H6.CH3NO/c28-22-5-1-3-19(4-2-6-22)24-23(26-30-13-16-35-26)25(32-31-24)20-11-14-33(15-12-20)27(34)21-9-7-18(17-29)8-10-21;1-3-2;2*1-2;2-1-3/h1,3-4,6-10,13,16,20H,2,5,11-12,14-15H2,(H,31,32);3H2,1-2H3;2*1-2H3;1H,(H2,2,3)/b3-1-,19-4?,22-6+;;;;. The lowest BCUT2D eigenvalue weighted by atomic mass is 9.89. The van der Waals surface area contributed by atoms with E-state index in [2.05, 4.69) is 40.8 Å². The molecule has 3 heterocycles. The van der Waals surface area contributed by atoms with Crippen LogP contribution in [-0.2, 0) is 4.79 Å². The molecule has 3 aromatic rings. The fourth-order valence-corrected chi connectivity index (χ4v) is 5.30. The van der Waals surface area contributed by atoms with Crippen LogP contribution in [0.5, 0.6) is 0 Å². The summed E-state index contributed by atoms with van der Waals surface area (Å²) < 4.78 is 13.6. The number of piperidine rings is 1. The van der Waals surface area contributed by atoms with Crippen LogP contribution in [0.4, 0.5) is 4.39 Å². The molecule has 2 amide bonds. The highest BCUT2D eigenvalue weighted by Gasteiger charge is 2.30. The molecule has 0 unspecified atom stereocenters. The Morgan fingerprint density at radius 2 is 1.78 bits per heavy atom. The number of rotatable bonds is 4. The van der Waals surface area contributed by atoms with Crippen LogP contribution in [-0.4, -0.2) is 45.5 Å². The van der Waals surface area contributed by atoms with Crippen LogP contribution in [0.2, 0.25) is 0 Å². The van der Waals surface area contributed by atoms with Crippen LogP contribution in [0.15, 0.2) is 66.0 Å². The van der Waals surface area contributed by atoms with Gasteiger partial charge >= 0.3 is 0 Å². The summed E-state index contributed by atoms with van der Waals surface area (Å²) in [6.07, 6.45) is 13.1. The maximum Gasteiger partial charge on any atom is 0.253 e. The van der Waals surface area contributed by atoms with Gasteiger partial charge in [-0.25, -0.2) is 9.37 Å². The van der Waals surface area contributed by atoms with E-state index in [-0.39, 0.29) is 30.5 Å². The van der Waals surface area contributed by atoms with Crippen molar-refractivity contribution in [3.05, 3.63) is 88.5 Å². The number of aromatic amines is 1. The molecule has 3 N–H and O–H groups in total. The maximum atomic E-state index is 13.6. The number of amides is 2. The third-order valence-corrected chi connectivity index (χ3v) is 7.24. The van der Waals surface area contributed by atoms with Crippen LogP contribution < -0.4 is 5.73 Å². The smallest absolute Gasteiger partial charge is 0.253 e. The summed E-state index contributed by atoms with van der Waals surface area (Å²) in [5.74, 6) is 0.0841. The van der Waals surface area contributed by atoms with Crippen molar-refractivity contribution in [1.82, 2.24) is 20.1 Å². The van der Waals surface area contributed by atoms with E-state index in [1.54, 1.807) is 47.9 Å². The number of nitriles is 1. The lowest BCUT2D eigenvalue weighted by Gasteiger charge is -2.32. The van der Waals surface area contributed by atoms with Gasteiger partial charge in [0, 0.05) is 48.3 Å². The predicted octanol–water partition coefficient (Wildman–Crippen LogP) is 8.58. The van der Waals surface area contributed by atoms with Crippen molar-refractivity contribution in [3.63, 3.8) is 0 Å². The van der Waals surface area contributed by atoms with Crippen LogP contribution in [0.25, 0.3) is 16.1 Å². The van der Waals surface area contributed by atoms with Gasteiger partial charge in [0.05, 0.1) is 17.2 Å². The molecule has 10 heteroatoms. The van der Waals surface area contributed by atoms with Gasteiger partial charge < -0.3 is 10.6 Å². The number of thiazole rings is 1. The zero-order chi connectivity index (χ0) is 33.6. The number of halogens is 1. The molecule has 5 rings (SSSR count). The fraction of sp³-hybridized carbons (Fsp3) is 0.400. The average molecular weight is 635 g/mol. The highest BCUT2D eigenvalue weighted by Crippen LogP contribution is 2.39. The molecule has 1 aromatic carbocycles. The Balaban J connectivity index is 0.000000909. The van der Waals surface area contributed by atoms with Gasteiger partial charge in [0.1, 0.15) is 16.5 Å². The minimum Gasteiger partial charge on any atom is -0.372 e. The molecule has 242 valence electrons. The number of carbonyl (C=O) groups excluding carboxylic acids is 2. The number of primary amides is 1. The second-order valence-corrected chi connectivity index (χ2v) is 10.3. The molecule has 45 heavy (non-hydrogen) atoms. The second-order valence-electron chi connectivity index (χ2n) is 9.45. The van der Waals surface area contributed by atoms with E-state index < -0.39 is 0 Å². The Morgan fingerprint density at radius 1 is 1.16 bits per heavy atom. The zero-order valence-electron chi connectivity index (χ0n) is 27.3. The van der Waals surface area contributed by atoms with Crippen molar-refractivity contribution in [2.75, 3.05) is 13.1 Å². The number of likely N-dealkylation sites (tertiary alicyclic amines) is 1. The molecule has 0 atom stereocenters. The molecule has 0 bridgehead atoms. The molecule has 2 aromatic heterocycles. The molecule has 1 fully saturated rings. The normalized spacial score (nSPS) is 15.8. The number of H-pyrrole nitrogens is 1. The SMILES string of the molecule is CC.CC.CCC.N#Cc1ccc(C(=O)N2CCC(c3[nH]nc(C4=CC/C=C(/F)C/C=C\4)c3-c3nccs3)CC2)cc1.NC=O. The van der Waals surface area contributed by atoms with E-state index in [9.17, 15) is 9.18 Å². The summed E-state index contributed by atoms with van der Waals surface area (Å²) in [7, 11) is 0. The predicted molar refractivity (Wildman–Crippen MR) is 183 cm³/mol. The summed E-state index contributed by atoms with van der Waals surface area (Å²) in [6.45, 7) is 13.5. The van der Waals surface area contributed by atoms with Crippen molar-refractivity contribution in [1.29, 1.82) is 5.26 Å². The topological polar surface area (TPSA) is 129 Å². The first kappa shape index (κ1) is 38.7. The molecular formula is C35H47FN6O2S. The number of nitrogens with zero attached hydrogens (tertiary/aromatic N) is 4. The van der Waals surface area contributed by atoms with Crippen LogP contribution in [0.3, 0.4) is 0 Å². The second kappa shape index (κ2) is 22.2. The van der Waals surface area contributed by atoms with E-state index in [1.165, 1.54) is 6.42 Å². The van der Waals surface area contributed by atoms with Gasteiger partial charge in [0.15, 0.2) is 0 Å². The third-order valence-electron chi connectivity index (χ3n) is 6.45. The summed E-state index contributed by atoms with van der Waals surface area (Å²) >= 11 is 1.57. The van der Waals surface area contributed by atoms with Crippen LogP contribution in [0.1, 0.15) is 107 Å². The number of aromatic nitrogens is 3. The van der Waals surface area contributed by atoms with Gasteiger partial charge in [-0.05, 0) is 55.2 Å². The van der Waals surface area contributed by atoms with Crippen molar-refractivity contribution in [2.45, 2.75) is 79.6 Å². The summed E-state index contributed by atoms with van der Waals surface area (Å²) in [5, 5.41) is 19.8. The zero-order valence-corrected chi connectivity index (χ0v) is 28.2. The van der Waals surface area contributed by atoms with Gasteiger partial charge in [-0.2, -0.15) is 10.4 Å². The van der Waals surface area contributed by atoms with Gasteiger partial charge in [0.25, 0.3) is 5.91 Å². The number of hydrogen-bond donors (Lipinski definition) is 2. The first-order valence-corrected chi connectivity index (χ1v) is 16.5. The van der Waals surface area contributed by atoms with E-state index in [1.807, 2.05) is 56.2 Å². The highest BCUT2D eigenvalue weighted by atomic mass is 32.1. The van der Waals surface area contributed by atoms with Gasteiger partial charge in [-0.1, -0.05) is 66.2 Å². The summed E-state index contributed by atoms with van der Waals surface area (Å²) in [6, 6.07) is 8.86. The molecule has 8 nitrogen and oxygen atoms in total. The average Bonchev–Trinajstić information content (AvgIpc) is 3.76. The molecule has 0 radical (unpaired) electrons. The van der Waals surface area contributed by atoms with Gasteiger partial charge in [-0.3, -0.25) is 14.7 Å². The van der Waals surface area contributed by atoms with Crippen LogP contribution >= 0.6 is 11.3 Å². The van der Waals surface area contributed by atoms with E-state index >= 15 is 0 Å². The monoisotopic (exact) mass is 634 g/mol. The first-order chi connectivity index (χ1) is 22.0. The van der Waals surface area contributed by atoms with E-state index in [0.29, 0.717) is 30.6 Å². The molecule has 0 spiro atoms. The first-order valence-electron chi connectivity index (χ1n) is 15.6. The Hall–Kier alpha value is -4.36. The largest absolute Gasteiger partial charge is 0.372 e. The van der Waals surface area contributed by atoms with E-state index in [0.717, 1.165) is 40.4 Å². The quantitative estimate of drug-likeness (QED) is 0.278. The van der Waals surface area contributed by atoms with Crippen molar-refractivity contribution in [3.8, 4) is 16.6 Å².